The zero-order valence-corrected chi connectivity index (χ0v) is 13.2. The van der Waals surface area contributed by atoms with Gasteiger partial charge in [0.1, 0.15) is 5.82 Å². The van der Waals surface area contributed by atoms with Gasteiger partial charge in [-0.1, -0.05) is 27.2 Å². The molecule has 0 saturated heterocycles. The fraction of sp³-hybridized carbons (Fsp3) is 0.800. The van der Waals surface area contributed by atoms with Crippen LogP contribution in [0.3, 0.4) is 0 Å². The average Bonchev–Trinajstić information content (AvgIpc) is 2.76. The number of likely N-dealkylation sites (N-methyl/N-ethyl adjacent to an activating group) is 2. The number of nitrogens with zero attached hydrogens (tertiary/aromatic N) is 3. The highest BCUT2D eigenvalue weighted by Gasteiger charge is 2.23. The molecule has 0 saturated carbocycles. The molecule has 1 rings (SSSR count). The van der Waals surface area contributed by atoms with Crippen LogP contribution in [0.1, 0.15) is 45.9 Å². The average molecular weight is 266 g/mol. The monoisotopic (exact) mass is 266 g/mol. The lowest BCUT2D eigenvalue weighted by Gasteiger charge is -2.34. The Bertz CT molecular complexity index is 342. The quantitative estimate of drug-likeness (QED) is 0.745. The van der Waals surface area contributed by atoms with Gasteiger partial charge in [0.15, 0.2) is 0 Å². The lowest BCUT2D eigenvalue weighted by atomic mass is 9.99. The third-order valence-electron chi connectivity index (χ3n) is 3.83. The molecule has 0 spiro atoms. The number of aromatic nitrogens is 2. The maximum absolute atomic E-state index is 4.42. The molecule has 0 aromatic carbocycles. The van der Waals surface area contributed by atoms with E-state index in [9.17, 15) is 0 Å². The molecule has 0 aliphatic carbocycles. The van der Waals surface area contributed by atoms with Gasteiger partial charge in [0.2, 0.25) is 0 Å². The number of imidazole rings is 1. The molecule has 4 nitrogen and oxygen atoms in total. The largest absolute Gasteiger partial charge is 0.337 e. The number of aryl methyl sites for hydroxylation is 1. The van der Waals surface area contributed by atoms with Crippen molar-refractivity contribution in [2.75, 3.05) is 13.6 Å². The normalized spacial score (nSPS) is 14.8. The minimum atomic E-state index is 0.566. The summed E-state index contributed by atoms with van der Waals surface area (Å²) in [4.78, 5) is 6.86. The standard InChI is InChI=1S/C15H30N4/c1-6-9-13(16-8-3)14(7-2)19(5)12-15-17-10-11-18(15)4/h10-11,13-14,16H,6-9,12H2,1-5H3. The molecule has 0 amide bonds. The highest BCUT2D eigenvalue weighted by atomic mass is 15.2. The number of nitrogens with one attached hydrogen (secondary N) is 1. The lowest BCUT2D eigenvalue weighted by molar-refractivity contribution is 0.168. The third-order valence-corrected chi connectivity index (χ3v) is 3.83. The van der Waals surface area contributed by atoms with Gasteiger partial charge in [0.25, 0.3) is 0 Å². The summed E-state index contributed by atoms with van der Waals surface area (Å²) < 4.78 is 2.10. The van der Waals surface area contributed by atoms with Crippen molar-refractivity contribution in [2.24, 2.45) is 7.05 Å². The molecule has 1 heterocycles. The van der Waals surface area contributed by atoms with Crippen LogP contribution in [0.5, 0.6) is 0 Å². The van der Waals surface area contributed by atoms with Crippen LogP contribution < -0.4 is 5.32 Å². The van der Waals surface area contributed by atoms with E-state index in [1.807, 2.05) is 12.4 Å². The minimum absolute atomic E-state index is 0.566. The van der Waals surface area contributed by atoms with E-state index in [0.717, 1.165) is 18.9 Å². The Morgan fingerprint density at radius 1 is 1.37 bits per heavy atom. The van der Waals surface area contributed by atoms with E-state index in [4.69, 9.17) is 0 Å². The fourth-order valence-corrected chi connectivity index (χ4v) is 2.80. The van der Waals surface area contributed by atoms with Crippen LogP contribution in [-0.4, -0.2) is 40.1 Å². The van der Waals surface area contributed by atoms with Crippen molar-refractivity contribution in [2.45, 2.75) is 58.7 Å². The first kappa shape index (κ1) is 16.2. The van der Waals surface area contributed by atoms with Crippen molar-refractivity contribution < 1.29 is 0 Å². The molecule has 0 aliphatic heterocycles. The first-order valence-corrected chi connectivity index (χ1v) is 7.53. The molecule has 4 heteroatoms. The van der Waals surface area contributed by atoms with Crippen LogP contribution in [0, 0.1) is 0 Å². The highest BCUT2D eigenvalue weighted by molar-refractivity contribution is 4.93. The first-order valence-electron chi connectivity index (χ1n) is 7.53. The van der Waals surface area contributed by atoms with Crippen LogP contribution in [0.15, 0.2) is 12.4 Å². The van der Waals surface area contributed by atoms with Crippen LogP contribution >= 0.6 is 0 Å². The molecular weight excluding hydrogens is 236 g/mol. The zero-order chi connectivity index (χ0) is 14.3. The van der Waals surface area contributed by atoms with Gasteiger partial charge < -0.3 is 9.88 Å². The lowest BCUT2D eigenvalue weighted by Crippen LogP contribution is -2.48. The predicted octanol–water partition coefficient (Wildman–Crippen LogP) is 2.41. The van der Waals surface area contributed by atoms with E-state index < -0.39 is 0 Å². The summed E-state index contributed by atoms with van der Waals surface area (Å²) in [7, 11) is 4.27. The van der Waals surface area contributed by atoms with Crippen molar-refractivity contribution in [3.8, 4) is 0 Å². The molecule has 0 fully saturated rings. The third kappa shape index (κ3) is 4.62. The number of hydrogen-bond acceptors (Lipinski definition) is 3. The molecule has 110 valence electrons. The Balaban J connectivity index is 2.68. The Labute approximate surface area is 118 Å². The summed E-state index contributed by atoms with van der Waals surface area (Å²) in [6.07, 6.45) is 7.51. The Hall–Kier alpha value is -0.870. The maximum Gasteiger partial charge on any atom is 0.122 e. The summed E-state index contributed by atoms with van der Waals surface area (Å²) in [6.45, 7) is 8.68. The van der Waals surface area contributed by atoms with Gasteiger partial charge >= 0.3 is 0 Å². The summed E-state index contributed by atoms with van der Waals surface area (Å²) >= 11 is 0. The molecule has 0 radical (unpaired) electrons. The van der Waals surface area contributed by atoms with Crippen LogP contribution in [0.4, 0.5) is 0 Å². The molecule has 2 atom stereocenters. The van der Waals surface area contributed by atoms with E-state index in [-0.39, 0.29) is 0 Å². The Kier molecular flexibility index (Phi) is 7.10. The molecule has 1 aromatic heterocycles. The van der Waals surface area contributed by atoms with Gasteiger partial charge in [-0.15, -0.1) is 0 Å². The van der Waals surface area contributed by atoms with Crippen molar-refractivity contribution >= 4 is 0 Å². The molecule has 1 N–H and O–H groups in total. The predicted molar refractivity (Wildman–Crippen MR) is 81.1 cm³/mol. The second-order valence-electron chi connectivity index (χ2n) is 5.30. The van der Waals surface area contributed by atoms with Crippen LogP contribution in [0.2, 0.25) is 0 Å². The second-order valence-corrected chi connectivity index (χ2v) is 5.30. The van der Waals surface area contributed by atoms with E-state index in [0.29, 0.717) is 12.1 Å². The van der Waals surface area contributed by atoms with Crippen LogP contribution in [-0.2, 0) is 13.6 Å². The van der Waals surface area contributed by atoms with Gasteiger partial charge in [-0.2, -0.15) is 0 Å². The van der Waals surface area contributed by atoms with E-state index in [1.54, 1.807) is 0 Å². The molecule has 0 bridgehead atoms. The number of hydrogen-bond donors (Lipinski definition) is 1. The second kappa shape index (κ2) is 8.33. The van der Waals surface area contributed by atoms with Crippen molar-refractivity contribution in [3.63, 3.8) is 0 Å². The Morgan fingerprint density at radius 2 is 2.11 bits per heavy atom. The summed E-state index contributed by atoms with van der Waals surface area (Å²) in [5, 5.41) is 3.64. The highest BCUT2D eigenvalue weighted by Crippen LogP contribution is 2.14. The van der Waals surface area contributed by atoms with E-state index in [1.165, 1.54) is 19.3 Å². The van der Waals surface area contributed by atoms with Crippen molar-refractivity contribution in [1.29, 1.82) is 0 Å². The van der Waals surface area contributed by atoms with Gasteiger partial charge in [-0.25, -0.2) is 4.98 Å². The van der Waals surface area contributed by atoms with E-state index >= 15 is 0 Å². The summed E-state index contributed by atoms with van der Waals surface area (Å²) in [6, 6.07) is 1.14. The van der Waals surface area contributed by atoms with Crippen molar-refractivity contribution in [1.82, 2.24) is 19.8 Å². The fourth-order valence-electron chi connectivity index (χ4n) is 2.80. The molecular formula is C15H30N4. The van der Waals surface area contributed by atoms with Gasteiger partial charge in [-0.05, 0) is 26.4 Å². The topological polar surface area (TPSA) is 33.1 Å². The molecule has 19 heavy (non-hydrogen) atoms. The molecule has 1 aromatic rings. The van der Waals surface area contributed by atoms with Gasteiger partial charge in [-0.3, -0.25) is 4.90 Å². The van der Waals surface area contributed by atoms with E-state index in [2.05, 4.69) is 54.6 Å². The number of rotatable bonds is 9. The smallest absolute Gasteiger partial charge is 0.122 e. The SMILES string of the molecule is CCCC(NCC)C(CC)N(C)Cc1nccn1C. The van der Waals surface area contributed by atoms with Gasteiger partial charge in [0, 0.05) is 31.5 Å². The Morgan fingerprint density at radius 3 is 2.58 bits per heavy atom. The maximum atomic E-state index is 4.42. The summed E-state index contributed by atoms with van der Waals surface area (Å²) in [5.41, 5.74) is 0. The minimum Gasteiger partial charge on any atom is -0.337 e. The van der Waals surface area contributed by atoms with Crippen LogP contribution in [0.25, 0.3) is 0 Å². The zero-order valence-electron chi connectivity index (χ0n) is 13.2. The van der Waals surface area contributed by atoms with Crippen molar-refractivity contribution in [3.05, 3.63) is 18.2 Å². The van der Waals surface area contributed by atoms with Gasteiger partial charge in [0.05, 0.1) is 6.54 Å². The molecule has 2 unspecified atom stereocenters. The molecule has 0 aliphatic rings. The summed E-state index contributed by atoms with van der Waals surface area (Å²) in [5.74, 6) is 1.13. The first-order chi connectivity index (χ1) is 9.13.